The number of rotatable bonds is 5. The van der Waals surface area contributed by atoms with Crippen molar-refractivity contribution in [3.8, 4) is 0 Å². The molecule has 1 saturated heterocycles. The smallest absolute Gasteiger partial charge is 0.230 e. The van der Waals surface area contributed by atoms with Gasteiger partial charge < -0.3 is 15.1 Å². The van der Waals surface area contributed by atoms with Crippen LogP contribution in [0.25, 0.3) is 0 Å². The lowest BCUT2D eigenvalue weighted by molar-refractivity contribution is -1.01. The third-order valence-corrected chi connectivity index (χ3v) is 3.93. The predicted octanol–water partition coefficient (Wildman–Crippen LogP) is -1.18. The summed E-state index contributed by atoms with van der Waals surface area (Å²) < 4.78 is 0. The average molecular weight is 263 g/mol. The Labute approximate surface area is 115 Å². The van der Waals surface area contributed by atoms with E-state index in [9.17, 15) is 4.79 Å². The van der Waals surface area contributed by atoms with Gasteiger partial charge >= 0.3 is 0 Å². The van der Waals surface area contributed by atoms with E-state index in [0.717, 1.165) is 12.2 Å². The second-order valence-electron chi connectivity index (χ2n) is 5.27. The summed E-state index contributed by atoms with van der Waals surface area (Å²) in [6.45, 7) is 9.30. The molecule has 3 N–H and O–H groups in total. The number of benzene rings is 1. The van der Waals surface area contributed by atoms with Crippen LogP contribution in [-0.2, 0) is 4.79 Å². The van der Waals surface area contributed by atoms with Crippen LogP contribution in [0.2, 0.25) is 0 Å². The topological polar surface area (TPSA) is 38.0 Å². The maximum Gasteiger partial charge on any atom is 0.230 e. The van der Waals surface area contributed by atoms with Gasteiger partial charge in [0, 0.05) is 5.69 Å². The summed E-state index contributed by atoms with van der Waals surface area (Å²) in [4.78, 5) is 15.1. The van der Waals surface area contributed by atoms with Crippen molar-refractivity contribution in [2.45, 2.75) is 13.3 Å². The number of hydrogen-bond donors (Lipinski definition) is 3. The first kappa shape index (κ1) is 14.0. The number of carbonyl (C=O) groups excluding carboxylic acids is 1. The van der Waals surface area contributed by atoms with Crippen molar-refractivity contribution in [2.75, 3.05) is 44.6 Å². The summed E-state index contributed by atoms with van der Waals surface area (Å²) in [7, 11) is 0. The Bertz CT molecular complexity index is 386. The van der Waals surface area contributed by atoms with Crippen LogP contribution in [0, 0.1) is 0 Å². The molecule has 4 nitrogen and oxygen atoms in total. The van der Waals surface area contributed by atoms with Crippen molar-refractivity contribution in [3.05, 3.63) is 30.3 Å². The van der Waals surface area contributed by atoms with Crippen molar-refractivity contribution in [3.63, 3.8) is 0 Å². The highest BCUT2D eigenvalue weighted by atomic mass is 16.1. The molecule has 1 fully saturated rings. The molecule has 0 aromatic heterocycles. The molecule has 1 heterocycles. The highest BCUT2D eigenvalue weighted by Crippen LogP contribution is 2.04. The Morgan fingerprint density at radius 1 is 1.11 bits per heavy atom. The first-order valence-corrected chi connectivity index (χ1v) is 7.30. The first-order chi connectivity index (χ1) is 9.28. The Morgan fingerprint density at radius 3 is 2.37 bits per heavy atom. The van der Waals surface area contributed by atoms with Crippen molar-refractivity contribution < 1.29 is 14.6 Å². The van der Waals surface area contributed by atoms with Gasteiger partial charge in [0.15, 0.2) is 0 Å². The number of piperazine rings is 1. The van der Waals surface area contributed by atoms with Gasteiger partial charge in [-0.1, -0.05) is 18.2 Å². The summed E-state index contributed by atoms with van der Waals surface area (Å²) in [6, 6.07) is 9.68. The molecule has 0 bridgehead atoms. The van der Waals surface area contributed by atoms with Gasteiger partial charge in [-0.05, 0) is 19.1 Å². The van der Waals surface area contributed by atoms with Gasteiger partial charge in [0.25, 0.3) is 0 Å². The van der Waals surface area contributed by atoms with Gasteiger partial charge in [-0.3, -0.25) is 4.79 Å². The number of likely N-dealkylation sites (N-methyl/N-ethyl adjacent to an activating group) is 1. The van der Waals surface area contributed by atoms with Crippen LogP contribution < -0.4 is 15.1 Å². The molecule has 0 spiro atoms. The van der Waals surface area contributed by atoms with E-state index >= 15 is 0 Å². The molecule has 19 heavy (non-hydrogen) atoms. The lowest BCUT2D eigenvalue weighted by Crippen LogP contribution is -3.28. The predicted molar refractivity (Wildman–Crippen MR) is 76.5 cm³/mol. The second kappa shape index (κ2) is 7.26. The highest BCUT2D eigenvalue weighted by Gasteiger charge is 2.21. The van der Waals surface area contributed by atoms with E-state index in [2.05, 4.69) is 12.2 Å². The molecule has 4 heteroatoms. The molecular formula is C15H25N3O+2. The molecule has 1 aromatic carbocycles. The van der Waals surface area contributed by atoms with E-state index in [-0.39, 0.29) is 5.91 Å². The van der Waals surface area contributed by atoms with Gasteiger partial charge in [0.1, 0.15) is 26.2 Å². The largest absolute Gasteiger partial charge is 0.326 e. The number of quaternary nitrogens is 2. The maximum absolute atomic E-state index is 11.8. The molecule has 0 radical (unpaired) electrons. The van der Waals surface area contributed by atoms with Crippen LogP contribution in [0.4, 0.5) is 5.69 Å². The number of anilines is 1. The molecule has 2 rings (SSSR count). The van der Waals surface area contributed by atoms with E-state index in [4.69, 9.17) is 0 Å². The van der Waals surface area contributed by atoms with Crippen LogP contribution in [0.5, 0.6) is 0 Å². The van der Waals surface area contributed by atoms with Gasteiger partial charge in [-0.25, -0.2) is 0 Å². The van der Waals surface area contributed by atoms with E-state index in [0.29, 0.717) is 6.42 Å². The minimum atomic E-state index is 0.129. The average Bonchev–Trinajstić information content (AvgIpc) is 2.47. The monoisotopic (exact) mass is 263 g/mol. The van der Waals surface area contributed by atoms with Gasteiger partial charge in [0.2, 0.25) is 5.91 Å². The number of carbonyl (C=O) groups is 1. The zero-order valence-electron chi connectivity index (χ0n) is 11.7. The second-order valence-corrected chi connectivity index (χ2v) is 5.27. The summed E-state index contributed by atoms with van der Waals surface area (Å²) in [5, 5.41) is 2.94. The lowest BCUT2D eigenvalue weighted by atomic mass is 10.2. The summed E-state index contributed by atoms with van der Waals surface area (Å²) in [6.07, 6.45) is 0.617. The van der Waals surface area contributed by atoms with E-state index < -0.39 is 0 Å². The SMILES string of the molecule is CC[NH+]1CC[NH+](CCC(=O)Nc2ccccc2)CC1. The number of amides is 1. The third kappa shape index (κ3) is 4.65. The number of nitrogens with one attached hydrogen (secondary N) is 3. The van der Waals surface area contributed by atoms with Crippen LogP contribution >= 0.6 is 0 Å². The minimum absolute atomic E-state index is 0.129. The Kier molecular flexibility index (Phi) is 5.36. The quantitative estimate of drug-likeness (QED) is 0.615. The molecule has 104 valence electrons. The molecule has 0 atom stereocenters. The molecule has 1 aliphatic rings. The zero-order valence-corrected chi connectivity index (χ0v) is 11.7. The Morgan fingerprint density at radius 2 is 1.74 bits per heavy atom. The summed E-state index contributed by atoms with van der Waals surface area (Å²) in [5.74, 6) is 0.129. The maximum atomic E-state index is 11.8. The minimum Gasteiger partial charge on any atom is -0.326 e. The fraction of sp³-hybridized carbons (Fsp3) is 0.533. The Balaban J connectivity index is 1.67. The van der Waals surface area contributed by atoms with E-state index in [1.54, 1.807) is 9.80 Å². The fourth-order valence-electron chi connectivity index (χ4n) is 2.60. The molecular weight excluding hydrogens is 238 g/mol. The molecule has 1 aromatic rings. The zero-order chi connectivity index (χ0) is 13.5. The van der Waals surface area contributed by atoms with Crippen molar-refractivity contribution in [1.29, 1.82) is 0 Å². The third-order valence-electron chi connectivity index (χ3n) is 3.93. The van der Waals surface area contributed by atoms with Crippen LogP contribution in [-0.4, -0.2) is 45.2 Å². The Hall–Kier alpha value is -1.39. The van der Waals surface area contributed by atoms with Gasteiger partial charge in [-0.15, -0.1) is 0 Å². The molecule has 1 amide bonds. The van der Waals surface area contributed by atoms with E-state index in [1.165, 1.54) is 32.7 Å². The van der Waals surface area contributed by atoms with Crippen molar-refractivity contribution >= 4 is 11.6 Å². The first-order valence-electron chi connectivity index (χ1n) is 7.30. The molecule has 0 aliphatic carbocycles. The van der Waals surface area contributed by atoms with Gasteiger partial charge in [0.05, 0.1) is 19.5 Å². The number of para-hydroxylation sites is 1. The highest BCUT2D eigenvalue weighted by molar-refractivity contribution is 5.90. The number of hydrogen-bond acceptors (Lipinski definition) is 1. The van der Waals surface area contributed by atoms with Crippen molar-refractivity contribution in [1.82, 2.24) is 0 Å². The summed E-state index contributed by atoms with van der Waals surface area (Å²) >= 11 is 0. The molecule has 0 saturated carbocycles. The summed E-state index contributed by atoms with van der Waals surface area (Å²) in [5.41, 5.74) is 0.891. The van der Waals surface area contributed by atoms with Gasteiger partial charge in [-0.2, -0.15) is 0 Å². The van der Waals surface area contributed by atoms with Crippen LogP contribution in [0.15, 0.2) is 30.3 Å². The normalized spacial score (nSPS) is 23.0. The molecule has 0 unspecified atom stereocenters. The van der Waals surface area contributed by atoms with Crippen molar-refractivity contribution in [2.24, 2.45) is 0 Å². The van der Waals surface area contributed by atoms with E-state index in [1.807, 2.05) is 30.3 Å². The standard InChI is InChI=1S/C15H23N3O/c1-2-17-10-12-18(13-11-17)9-8-15(19)16-14-6-4-3-5-7-14/h3-7H,2,8-13H2,1H3,(H,16,19)/p+2. The lowest BCUT2D eigenvalue weighted by Gasteiger charge is -2.28. The van der Waals surface area contributed by atoms with Crippen LogP contribution in [0.1, 0.15) is 13.3 Å². The fourth-order valence-corrected chi connectivity index (χ4v) is 2.60. The van der Waals surface area contributed by atoms with Crippen LogP contribution in [0.3, 0.4) is 0 Å². The molecule has 1 aliphatic heterocycles.